The summed E-state index contributed by atoms with van der Waals surface area (Å²) < 4.78 is 5.32. The Balaban J connectivity index is 2.62. The van der Waals surface area contributed by atoms with E-state index in [1.807, 2.05) is 6.92 Å². The van der Waals surface area contributed by atoms with Gasteiger partial charge < -0.3 is 10.5 Å². The molecule has 14 heavy (non-hydrogen) atoms. The van der Waals surface area contributed by atoms with Crippen molar-refractivity contribution in [1.29, 1.82) is 0 Å². The van der Waals surface area contributed by atoms with Gasteiger partial charge in [-0.25, -0.2) is 4.98 Å². The molecule has 0 amide bonds. The number of ether oxygens (including phenoxy) is 1. The lowest BCUT2D eigenvalue weighted by molar-refractivity contribution is 0.116. The van der Waals surface area contributed by atoms with Crippen LogP contribution in [0.5, 0.6) is 0 Å². The number of nitrogens with zero attached hydrogens (tertiary/aromatic N) is 3. The van der Waals surface area contributed by atoms with Crippen molar-refractivity contribution in [1.82, 2.24) is 15.0 Å². The Bertz CT molecular complexity index is 290. The zero-order valence-corrected chi connectivity index (χ0v) is 8.66. The fourth-order valence-electron chi connectivity index (χ4n) is 1.02. The molecule has 0 atom stereocenters. The average Bonchev–Trinajstić information content (AvgIpc) is 2.17. The molecule has 2 N–H and O–H groups in total. The molecule has 0 saturated carbocycles. The smallest absolute Gasteiger partial charge is 0.223 e. The van der Waals surface area contributed by atoms with Gasteiger partial charge in [-0.3, -0.25) is 0 Å². The first kappa shape index (κ1) is 10.8. The van der Waals surface area contributed by atoms with Crippen LogP contribution >= 0.6 is 0 Å². The van der Waals surface area contributed by atoms with Crippen molar-refractivity contribution in [2.24, 2.45) is 0 Å². The maximum atomic E-state index is 5.52. The number of aromatic nitrogens is 3. The molecule has 0 bridgehead atoms. The van der Waals surface area contributed by atoms with Gasteiger partial charge in [0.15, 0.2) is 5.82 Å². The third kappa shape index (κ3) is 3.26. The zero-order chi connectivity index (χ0) is 10.4. The van der Waals surface area contributed by atoms with Crippen LogP contribution in [0.3, 0.4) is 0 Å². The van der Waals surface area contributed by atoms with Crippen LogP contribution in [0, 0.1) is 0 Å². The minimum Gasteiger partial charge on any atom is -0.373 e. The van der Waals surface area contributed by atoms with Crippen LogP contribution in [0.1, 0.15) is 31.9 Å². The lowest BCUT2D eigenvalue weighted by Gasteiger charge is -2.03. The van der Waals surface area contributed by atoms with Crippen molar-refractivity contribution < 1.29 is 4.74 Å². The fraction of sp³-hybridized carbons (Fsp3) is 0.667. The molecular weight excluding hydrogens is 180 g/mol. The number of nitrogen functional groups attached to an aromatic ring is 1. The third-order valence-electron chi connectivity index (χ3n) is 1.64. The first-order valence-electron chi connectivity index (χ1n) is 4.83. The lowest BCUT2D eigenvalue weighted by Crippen LogP contribution is -2.08. The maximum absolute atomic E-state index is 5.52. The molecule has 0 saturated heterocycles. The predicted molar refractivity (Wildman–Crippen MR) is 53.6 cm³/mol. The summed E-state index contributed by atoms with van der Waals surface area (Å²) in [6, 6.07) is 0. The zero-order valence-electron chi connectivity index (χ0n) is 8.66. The second kappa shape index (κ2) is 5.49. The van der Waals surface area contributed by atoms with E-state index in [2.05, 4.69) is 21.9 Å². The predicted octanol–water partition coefficient (Wildman–Crippen LogP) is 0.943. The molecule has 78 valence electrons. The van der Waals surface area contributed by atoms with Crippen molar-refractivity contribution in [2.75, 3.05) is 12.3 Å². The molecule has 1 aromatic heterocycles. The summed E-state index contributed by atoms with van der Waals surface area (Å²) in [6.45, 7) is 5.16. The number of anilines is 1. The minimum atomic E-state index is 0.270. The molecule has 0 radical (unpaired) electrons. The van der Waals surface area contributed by atoms with E-state index in [9.17, 15) is 0 Å². The summed E-state index contributed by atoms with van der Waals surface area (Å²) in [5, 5.41) is 0. The van der Waals surface area contributed by atoms with Crippen molar-refractivity contribution in [2.45, 2.75) is 33.3 Å². The summed E-state index contributed by atoms with van der Waals surface area (Å²) in [7, 11) is 0. The van der Waals surface area contributed by atoms with Crippen molar-refractivity contribution in [3.05, 3.63) is 11.6 Å². The van der Waals surface area contributed by atoms with Gasteiger partial charge in [-0.15, -0.1) is 0 Å². The van der Waals surface area contributed by atoms with E-state index >= 15 is 0 Å². The van der Waals surface area contributed by atoms with Gasteiger partial charge in [0.05, 0.1) is 0 Å². The van der Waals surface area contributed by atoms with Gasteiger partial charge >= 0.3 is 0 Å². The Kier molecular flexibility index (Phi) is 4.25. The van der Waals surface area contributed by atoms with Gasteiger partial charge in [-0.1, -0.05) is 13.8 Å². The van der Waals surface area contributed by atoms with Crippen LogP contribution in [-0.4, -0.2) is 21.6 Å². The Morgan fingerprint density at radius 3 is 2.50 bits per heavy atom. The molecule has 5 nitrogen and oxygen atoms in total. The van der Waals surface area contributed by atoms with Crippen LogP contribution in [0.25, 0.3) is 0 Å². The SMILES string of the molecule is CCCOCc1nc(N)nc(CC)n1. The van der Waals surface area contributed by atoms with Crippen molar-refractivity contribution in [3.8, 4) is 0 Å². The Hall–Kier alpha value is -1.23. The van der Waals surface area contributed by atoms with Crippen molar-refractivity contribution in [3.63, 3.8) is 0 Å². The molecule has 0 aliphatic carbocycles. The van der Waals surface area contributed by atoms with Gasteiger partial charge in [0.2, 0.25) is 5.95 Å². The molecule has 0 unspecified atom stereocenters. The largest absolute Gasteiger partial charge is 0.373 e. The second-order valence-electron chi connectivity index (χ2n) is 2.93. The summed E-state index contributed by atoms with van der Waals surface area (Å²) in [5.74, 6) is 1.60. The van der Waals surface area contributed by atoms with Crippen LogP contribution in [0.15, 0.2) is 0 Å². The van der Waals surface area contributed by atoms with Gasteiger partial charge in [-0.05, 0) is 6.42 Å². The molecule has 5 heteroatoms. The van der Waals surface area contributed by atoms with E-state index in [0.717, 1.165) is 12.8 Å². The molecule has 0 aliphatic heterocycles. The van der Waals surface area contributed by atoms with E-state index in [1.54, 1.807) is 0 Å². The summed E-state index contributed by atoms with van der Waals surface area (Å²) in [6.07, 6.45) is 1.74. The average molecular weight is 196 g/mol. The normalized spacial score (nSPS) is 10.4. The highest BCUT2D eigenvalue weighted by Gasteiger charge is 2.02. The van der Waals surface area contributed by atoms with Gasteiger partial charge in [0.25, 0.3) is 0 Å². The molecule has 0 fully saturated rings. The topological polar surface area (TPSA) is 73.9 Å². The Morgan fingerprint density at radius 1 is 1.14 bits per heavy atom. The molecule has 0 aliphatic rings. The van der Waals surface area contributed by atoms with Gasteiger partial charge in [0.1, 0.15) is 12.4 Å². The number of aryl methyl sites for hydroxylation is 1. The van der Waals surface area contributed by atoms with E-state index < -0.39 is 0 Å². The standard InChI is InChI=1S/C9H16N4O/c1-3-5-14-6-8-11-7(4-2)12-9(10)13-8/h3-6H2,1-2H3,(H2,10,11,12,13). The monoisotopic (exact) mass is 196 g/mol. The van der Waals surface area contributed by atoms with E-state index in [0.29, 0.717) is 24.9 Å². The summed E-state index contributed by atoms with van der Waals surface area (Å²) in [4.78, 5) is 12.2. The lowest BCUT2D eigenvalue weighted by atomic mass is 10.4. The minimum absolute atomic E-state index is 0.270. The highest BCUT2D eigenvalue weighted by molar-refractivity contribution is 5.15. The molecule has 0 spiro atoms. The molecule has 1 rings (SSSR count). The maximum Gasteiger partial charge on any atom is 0.223 e. The molecular formula is C9H16N4O. The van der Waals surface area contributed by atoms with E-state index in [4.69, 9.17) is 10.5 Å². The van der Waals surface area contributed by atoms with Crippen LogP contribution in [-0.2, 0) is 17.8 Å². The summed E-state index contributed by atoms with van der Waals surface area (Å²) in [5.41, 5.74) is 5.52. The number of rotatable bonds is 5. The van der Waals surface area contributed by atoms with Crippen LogP contribution < -0.4 is 5.73 Å². The van der Waals surface area contributed by atoms with Crippen LogP contribution in [0.2, 0.25) is 0 Å². The third-order valence-corrected chi connectivity index (χ3v) is 1.64. The number of hydrogen-bond acceptors (Lipinski definition) is 5. The quantitative estimate of drug-likeness (QED) is 0.709. The number of nitrogens with two attached hydrogens (primary N) is 1. The fourth-order valence-corrected chi connectivity index (χ4v) is 1.02. The van der Waals surface area contributed by atoms with E-state index in [1.165, 1.54) is 0 Å². The first-order chi connectivity index (χ1) is 6.76. The number of hydrogen-bond donors (Lipinski definition) is 1. The molecule has 1 heterocycles. The molecule has 0 aromatic carbocycles. The van der Waals surface area contributed by atoms with Gasteiger partial charge in [0, 0.05) is 13.0 Å². The highest BCUT2D eigenvalue weighted by atomic mass is 16.5. The Labute approximate surface area is 83.7 Å². The first-order valence-corrected chi connectivity index (χ1v) is 4.83. The highest BCUT2D eigenvalue weighted by Crippen LogP contribution is 2.00. The Morgan fingerprint density at radius 2 is 1.86 bits per heavy atom. The molecule has 1 aromatic rings. The van der Waals surface area contributed by atoms with E-state index in [-0.39, 0.29) is 5.95 Å². The van der Waals surface area contributed by atoms with Crippen LogP contribution in [0.4, 0.5) is 5.95 Å². The van der Waals surface area contributed by atoms with Gasteiger partial charge in [-0.2, -0.15) is 9.97 Å². The summed E-state index contributed by atoms with van der Waals surface area (Å²) >= 11 is 0. The second-order valence-corrected chi connectivity index (χ2v) is 2.93. The van der Waals surface area contributed by atoms with Crippen molar-refractivity contribution >= 4 is 5.95 Å².